The normalized spacial score (nSPS) is 15.7. The SMILES string of the molecule is Cn1c(=O)c2sccc2n2c(CN3CCN(c4ccc(O)cc4)CC3)nnc12. The quantitative estimate of drug-likeness (QED) is 0.568. The van der Waals surface area contributed by atoms with Crippen molar-refractivity contribution in [2.75, 3.05) is 31.1 Å². The summed E-state index contributed by atoms with van der Waals surface area (Å²) >= 11 is 1.45. The standard InChI is InChI=1S/C19H20N6O2S/c1-22-18(27)17-15(6-11-28-17)25-16(20-21-19(22)25)12-23-7-9-24(10-8-23)13-2-4-14(26)5-3-13/h2-6,11,26H,7-10,12H2,1H3. The molecule has 1 saturated heterocycles. The van der Waals surface area contributed by atoms with Gasteiger partial charge in [0.15, 0.2) is 5.82 Å². The summed E-state index contributed by atoms with van der Waals surface area (Å²) in [5.41, 5.74) is 1.98. The molecule has 1 N–H and O–H groups in total. The van der Waals surface area contributed by atoms with E-state index < -0.39 is 0 Å². The lowest BCUT2D eigenvalue weighted by Gasteiger charge is -2.35. The van der Waals surface area contributed by atoms with Gasteiger partial charge in [-0.05, 0) is 35.7 Å². The average Bonchev–Trinajstić information content (AvgIpc) is 3.35. The maximum atomic E-state index is 12.5. The highest BCUT2D eigenvalue weighted by Gasteiger charge is 2.21. The highest BCUT2D eigenvalue weighted by Crippen LogP contribution is 2.22. The molecule has 28 heavy (non-hydrogen) atoms. The summed E-state index contributed by atoms with van der Waals surface area (Å²) in [6, 6.07) is 9.31. The van der Waals surface area contributed by atoms with Crippen molar-refractivity contribution in [2.24, 2.45) is 7.05 Å². The molecule has 5 rings (SSSR count). The summed E-state index contributed by atoms with van der Waals surface area (Å²) in [6.07, 6.45) is 0. The smallest absolute Gasteiger partial charge is 0.272 e. The third-order valence-corrected chi connectivity index (χ3v) is 6.24. The first kappa shape index (κ1) is 17.2. The van der Waals surface area contributed by atoms with Crippen LogP contribution in [-0.4, -0.2) is 55.4 Å². The third kappa shape index (κ3) is 2.74. The Labute approximate surface area is 164 Å². The third-order valence-electron chi connectivity index (χ3n) is 5.35. The number of anilines is 1. The Morgan fingerprint density at radius 2 is 1.82 bits per heavy atom. The zero-order valence-electron chi connectivity index (χ0n) is 15.4. The number of nitrogens with zero attached hydrogens (tertiary/aromatic N) is 6. The molecule has 0 atom stereocenters. The van der Waals surface area contributed by atoms with Crippen LogP contribution in [0, 0.1) is 0 Å². The molecule has 0 saturated carbocycles. The van der Waals surface area contributed by atoms with E-state index in [-0.39, 0.29) is 11.3 Å². The number of piperazine rings is 1. The van der Waals surface area contributed by atoms with Crippen molar-refractivity contribution in [1.82, 2.24) is 24.1 Å². The van der Waals surface area contributed by atoms with E-state index in [4.69, 9.17) is 0 Å². The fraction of sp³-hybridized carbons (Fsp3) is 0.316. The summed E-state index contributed by atoms with van der Waals surface area (Å²) < 4.78 is 4.30. The lowest BCUT2D eigenvalue weighted by atomic mass is 10.2. The summed E-state index contributed by atoms with van der Waals surface area (Å²) in [5, 5.41) is 20.0. The van der Waals surface area contributed by atoms with Crippen LogP contribution in [0.2, 0.25) is 0 Å². The first-order valence-electron chi connectivity index (χ1n) is 9.18. The van der Waals surface area contributed by atoms with E-state index in [0.29, 0.717) is 12.3 Å². The number of benzene rings is 1. The maximum Gasteiger partial charge on any atom is 0.272 e. The van der Waals surface area contributed by atoms with E-state index in [2.05, 4.69) is 20.0 Å². The van der Waals surface area contributed by atoms with Gasteiger partial charge in [-0.3, -0.25) is 18.7 Å². The molecule has 8 nitrogen and oxygen atoms in total. The van der Waals surface area contributed by atoms with E-state index in [9.17, 15) is 9.90 Å². The van der Waals surface area contributed by atoms with Gasteiger partial charge in [-0.25, -0.2) is 0 Å². The highest BCUT2D eigenvalue weighted by atomic mass is 32.1. The molecule has 1 aromatic carbocycles. The number of aromatic nitrogens is 4. The molecule has 0 radical (unpaired) electrons. The molecule has 0 spiro atoms. The second-order valence-corrected chi connectivity index (χ2v) is 7.95. The first-order chi connectivity index (χ1) is 13.6. The Bertz CT molecular complexity index is 1200. The second kappa shape index (κ2) is 6.61. The van der Waals surface area contributed by atoms with Crippen LogP contribution >= 0.6 is 11.3 Å². The van der Waals surface area contributed by atoms with E-state index in [1.165, 1.54) is 11.3 Å². The zero-order valence-corrected chi connectivity index (χ0v) is 16.3. The van der Waals surface area contributed by atoms with Gasteiger partial charge < -0.3 is 10.0 Å². The number of rotatable bonds is 3. The molecule has 1 fully saturated rings. The number of hydrogen-bond acceptors (Lipinski definition) is 7. The van der Waals surface area contributed by atoms with Crippen molar-refractivity contribution in [1.29, 1.82) is 0 Å². The molecular weight excluding hydrogens is 376 g/mol. The fourth-order valence-electron chi connectivity index (χ4n) is 3.78. The van der Waals surface area contributed by atoms with Crippen molar-refractivity contribution in [3.63, 3.8) is 0 Å². The highest BCUT2D eigenvalue weighted by molar-refractivity contribution is 7.17. The topological polar surface area (TPSA) is 78.9 Å². The molecule has 4 aromatic rings. The van der Waals surface area contributed by atoms with Crippen molar-refractivity contribution < 1.29 is 5.11 Å². The average molecular weight is 396 g/mol. The Hall–Kier alpha value is -2.91. The van der Waals surface area contributed by atoms with Crippen LogP contribution in [0.5, 0.6) is 5.75 Å². The molecule has 9 heteroatoms. The number of aromatic hydroxyl groups is 1. The number of hydrogen-bond donors (Lipinski definition) is 1. The van der Waals surface area contributed by atoms with Crippen LogP contribution in [0.4, 0.5) is 5.69 Å². The predicted molar refractivity (Wildman–Crippen MR) is 109 cm³/mol. The largest absolute Gasteiger partial charge is 0.508 e. The Morgan fingerprint density at radius 3 is 2.57 bits per heavy atom. The minimum atomic E-state index is -0.0287. The van der Waals surface area contributed by atoms with Gasteiger partial charge >= 0.3 is 0 Å². The van der Waals surface area contributed by atoms with Gasteiger partial charge in [-0.15, -0.1) is 21.5 Å². The molecule has 144 valence electrons. The van der Waals surface area contributed by atoms with Gasteiger partial charge in [0.25, 0.3) is 5.56 Å². The first-order valence-corrected chi connectivity index (χ1v) is 10.1. The zero-order chi connectivity index (χ0) is 19.3. The second-order valence-electron chi connectivity index (χ2n) is 7.03. The Kier molecular flexibility index (Phi) is 4.06. The van der Waals surface area contributed by atoms with E-state index in [1.54, 1.807) is 23.7 Å². The molecule has 4 heterocycles. The molecule has 1 aliphatic rings. The van der Waals surface area contributed by atoms with Crippen LogP contribution in [0.15, 0.2) is 40.5 Å². The van der Waals surface area contributed by atoms with Crippen LogP contribution in [0.1, 0.15) is 5.82 Å². The van der Waals surface area contributed by atoms with Gasteiger partial charge in [0.2, 0.25) is 5.78 Å². The predicted octanol–water partition coefficient (Wildman–Crippen LogP) is 1.67. The molecule has 0 amide bonds. The van der Waals surface area contributed by atoms with Gasteiger partial charge in [0, 0.05) is 38.9 Å². The number of phenols is 1. The Balaban J connectivity index is 1.38. The number of aryl methyl sites for hydroxylation is 1. The lowest BCUT2D eigenvalue weighted by molar-refractivity contribution is 0.243. The monoisotopic (exact) mass is 396 g/mol. The number of fused-ring (bicyclic) bond motifs is 3. The van der Waals surface area contributed by atoms with E-state index in [1.807, 2.05) is 28.0 Å². The minimum Gasteiger partial charge on any atom is -0.508 e. The van der Waals surface area contributed by atoms with Crippen LogP contribution in [0.3, 0.4) is 0 Å². The van der Waals surface area contributed by atoms with Gasteiger partial charge in [0.05, 0.1) is 12.1 Å². The fourth-order valence-corrected chi connectivity index (χ4v) is 4.63. The summed E-state index contributed by atoms with van der Waals surface area (Å²) in [6.45, 7) is 4.33. The Morgan fingerprint density at radius 1 is 1.07 bits per heavy atom. The lowest BCUT2D eigenvalue weighted by Crippen LogP contribution is -2.46. The van der Waals surface area contributed by atoms with Crippen LogP contribution in [0.25, 0.3) is 16.0 Å². The summed E-state index contributed by atoms with van der Waals surface area (Å²) in [4.78, 5) is 17.1. The molecule has 0 unspecified atom stereocenters. The molecule has 1 aliphatic heterocycles. The molecule has 0 bridgehead atoms. The van der Waals surface area contributed by atoms with Crippen LogP contribution in [-0.2, 0) is 13.6 Å². The van der Waals surface area contributed by atoms with Crippen molar-refractivity contribution in [3.05, 3.63) is 51.9 Å². The molecule has 0 aliphatic carbocycles. The van der Waals surface area contributed by atoms with E-state index >= 15 is 0 Å². The minimum absolute atomic E-state index is 0.0287. The van der Waals surface area contributed by atoms with Gasteiger partial charge in [0.1, 0.15) is 10.4 Å². The van der Waals surface area contributed by atoms with Crippen molar-refractivity contribution in [3.8, 4) is 5.75 Å². The van der Waals surface area contributed by atoms with Gasteiger partial charge in [-0.2, -0.15) is 0 Å². The number of phenolic OH excluding ortho intramolecular Hbond substituents is 1. The molecular formula is C19H20N6O2S. The van der Waals surface area contributed by atoms with Crippen molar-refractivity contribution >= 4 is 33.0 Å². The molecule has 3 aromatic heterocycles. The maximum absolute atomic E-state index is 12.5. The number of thiophene rings is 1. The van der Waals surface area contributed by atoms with Crippen molar-refractivity contribution in [2.45, 2.75) is 6.54 Å². The van der Waals surface area contributed by atoms with Gasteiger partial charge in [-0.1, -0.05) is 0 Å². The van der Waals surface area contributed by atoms with E-state index in [0.717, 1.165) is 47.9 Å². The summed E-state index contributed by atoms with van der Waals surface area (Å²) in [7, 11) is 1.74. The summed E-state index contributed by atoms with van der Waals surface area (Å²) in [5.74, 6) is 1.72. The van der Waals surface area contributed by atoms with Crippen LogP contribution < -0.4 is 10.5 Å².